The molecule has 0 aliphatic carbocycles. The molecular formula is C21H24N4O3S. The highest BCUT2D eigenvalue weighted by atomic mass is 32.2. The van der Waals surface area contributed by atoms with Crippen LogP contribution in [0.1, 0.15) is 12.8 Å². The predicted octanol–water partition coefficient (Wildman–Crippen LogP) is 2.93. The fourth-order valence-electron chi connectivity index (χ4n) is 3.64. The Morgan fingerprint density at radius 3 is 2.66 bits per heavy atom. The summed E-state index contributed by atoms with van der Waals surface area (Å²) in [4.78, 5) is 10.8. The minimum atomic E-state index is -3.63. The zero-order chi connectivity index (χ0) is 20.4. The van der Waals surface area contributed by atoms with Crippen LogP contribution in [-0.4, -0.2) is 56.0 Å². The second-order valence-electron chi connectivity index (χ2n) is 7.30. The van der Waals surface area contributed by atoms with Gasteiger partial charge in [0.1, 0.15) is 6.10 Å². The highest BCUT2D eigenvalue weighted by molar-refractivity contribution is 7.89. The fourth-order valence-corrected chi connectivity index (χ4v) is 5.37. The summed E-state index contributed by atoms with van der Waals surface area (Å²) in [5.41, 5.74) is 0. The number of fused-ring (bicyclic) bond motifs is 1. The van der Waals surface area contributed by atoms with Crippen LogP contribution < -0.4 is 9.64 Å². The van der Waals surface area contributed by atoms with E-state index in [1.807, 2.05) is 49.3 Å². The number of rotatable bonds is 5. The van der Waals surface area contributed by atoms with Crippen molar-refractivity contribution in [2.24, 2.45) is 0 Å². The summed E-state index contributed by atoms with van der Waals surface area (Å²) < 4.78 is 34.4. The summed E-state index contributed by atoms with van der Waals surface area (Å²) in [5, 5.41) is 1.65. The molecule has 29 heavy (non-hydrogen) atoms. The molecule has 1 unspecified atom stereocenters. The van der Waals surface area contributed by atoms with E-state index >= 15 is 0 Å². The summed E-state index contributed by atoms with van der Waals surface area (Å²) >= 11 is 0. The first-order valence-electron chi connectivity index (χ1n) is 9.60. The highest BCUT2D eigenvalue weighted by Gasteiger charge is 2.32. The molecule has 0 bridgehead atoms. The molecule has 3 aromatic rings. The van der Waals surface area contributed by atoms with Gasteiger partial charge in [0.2, 0.25) is 10.0 Å². The SMILES string of the molecule is CN(C)c1nccnc1OC1CCCN(S(=O)(=O)c2cccc3ccccc23)C1. The van der Waals surface area contributed by atoms with Crippen molar-refractivity contribution in [2.75, 3.05) is 32.1 Å². The van der Waals surface area contributed by atoms with Crippen molar-refractivity contribution in [1.82, 2.24) is 14.3 Å². The standard InChI is InChI=1S/C21H24N4O3S/c1-24(2)20-21(23-13-12-22-20)28-17-9-6-14-25(15-17)29(26,27)19-11-5-8-16-7-3-4-10-18(16)19/h3-5,7-8,10-13,17H,6,9,14-15H2,1-2H3. The minimum Gasteiger partial charge on any atom is -0.470 e. The molecule has 7 nitrogen and oxygen atoms in total. The molecule has 0 N–H and O–H groups in total. The maximum atomic E-state index is 13.4. The molecule has 8 heteroatoms. The van der Waals surface area contributed by atoms with Crippen LogP contribution in [-0.2, 0) is 10.0 Å². The molecule has 0 saturated carbocycles. The van der Waals surface area contributed by atoms with Crippen molar-refractivity contribution in [2.45, 2.75) is 23.8 Å². The van der Waals surface area contributed by atoms with Crippen LogP contribution in [0.15, 0.2) is 59.8 Å². The lowest BCUT2D eigenvalue weighted by molar-refractivity contribution is 0.125. The summed E-state index contributed by atoms with van der Waals surface area (Å²) in [6.07, 6.45) is 4.41. The van der Waals surface area contributed by atoms with Crippen LogP contribution in [0.4, 0.5) is 5.82 Å². The molecule has 1 saturated heterocycles. The smallest absolute Gasteiger partial charge is 0.257 e. The Kier molecular flexibility index (Phi) is 5.38. The molecule has 0 amide bonds. The molecule has 1 aromatic heterocycles. The van der Waals surface area contributed by atoms with E-state index in [-0.39, 0.29) is 12.6 Å². The van der Waals surface area contributed by atoms with Gasteiger partial charge < -0.3 is 9.64 Å². The van der Waals surface area contributed by atoms with Crippen LogP contribution >= 0.6 is 0 Å². The third-order valence-electron chi connectivity index (χ3n) is 5.06. The van der Waals surface area contributed by atoms with Crippen LogP contribution in [0, 0.1) is 0 Å². The Morgan fingerprint density at radius 2 is 1.83 bits per heavy atom. The molecule has 0 radical (unpaired) electrons. The second kappa shape index (κ2) is 7.96. The minimum absolute atomic E-state index is 0.274. The summed E-state index contributed by atoms with van der Waals surface area (Å²) in [5.74, 6) is 1.05. The molecule has 1 aliphatic rings. The second-order valence-corrected chi connectivity index (χ2v) is 9.21. The number of piperidine rings is 1. The van der Waals surface area contributed by atoms with E-state index in [1.54, 1.807) is 24.5 Å². The first kappa shape index (κ1) is 19.6. The van der Waals surface area contributed by atoms with Gasteiger partial charge in [-0.05, 0) is 24.3 Å². The van der Waals surface area contributed by atoms with Crippen LogP contribution in [0.2, 0.25) is 0 Å². The van der Waals surface area contributed by atoms with E-state index in [0.717, 1.165) is 23.6 Å². The molecule has 1 atom stereocenters. The average Bonchev–Trinajstić information content (AvgIpc) is 2.74. The van der Waals surface area contributed by atoms with Crippen LogP contribution in [0.25, 0.3) is 10.8 Å². The van der Waals surface area contributed by atoms with Crippen molar-refractivity contribution in [3.05, 3.63) is 54.9 Å². The maximum Gasteiger partial charge on any atom is 0.257 e. The number of sulfonamides is 1. The molecule has 1 fully saturated rings. The van der Waals surface area contributed by atoms with E-state index in [9.17, 15) is 8.42 Å². The van der Waals surface area contributed by atoms with E-state index in [4.69, 9.17) is 4.74 Å². The van der Waals surface area contributed by atoms with Gasteiger partial charge in [-0.3, -0.25) is 0 Å². The zero-order valence-electron chi connectivity index (χ0n) is 16.5. The molecule has 152 valence electrons. The third-order valence-corrected chi connectivity index (χ3v) is 6.98. The molecule has 2 heterocycles. The number of ether oxygens (including phenoxy) is 1. The number of hydrogen-bond acceptors (Lipinski definition) is 6. The number of nitrogens with zero attached hydrogens (tertiary/aromatic N) is 4. The highest BCUT2D eigenvalue weighted by Crippen LogP contribution is 2.29. The topological polar surface area (TPSA) is 75.6 Å². The van der Waals surface area contributed by atoms with Crippen molar-refractivity contribution in [3.8, 4) is 5.88 Å². The lowest BCUT2D eigenvalue weighted by Gasteiger charge is -2.32. The van der Waals surface area contributed by atoms with Crippen LogP contribution in [0.3, 0.4) is 0 Å². The lowest BCUT2D eigenvalue weighted by atomic mass is 10.1. The number of anilines is 1. The fraction of sp³-hybridized carbons (Fsp3) is 0.333. The van der Waals surface area contributed by atoms with Crippen LogP contribution in [0.5, 0.6) is 5.88 Å². The van der Waals surface area contributed by atoms with E-state index in [1.165, 1.54) is 4.31 Å². The van der Waals surface area contributed by atoms with Gasteiger partial charge in [0.15, 0.2) is 5.82 Å². The Balaban J connectivity index is 1.60. The summed E-state index contributed by atoms with van der Waals surface area (Å²) in [6, 6.07) is 12.9. The summed E-state index contributed by atoms with van der Waals surface area (Å²) in [6.45, 7) is 0.765. The predicted molar refractivity (Wildman–Crippen MR) is 113 cm³/mol. The van der Waals surface area contributed by atoms with Crippen molar-refractivity contribution >= 4 is 26.6 Å². The van der Waals surface area contributed by atoms with E-state index in [0.29, 0.717) is 23.1 Å². The Hall–Kier alpha value is -2.71. The van der Waals surface area contributed by atoms with E-state index < -0.39 is 10.0 Å². The summed E-state index contributed by atoms with van der Waals surface area (Å²) in [7, 11) is 0.107. The van der Waals surface area contributed by atoms with Gasteiger partial charge in [-0.2, -0.15) is 4.31 Å². The van der Waals surface area contributed by atoms with Gasteiger partial charge in [-0.25, -0.2) is 18.4 Å². The van der Waals surface area contributed by atoms with Crippen molar-refractivity contribution in [3.63, 3.8) is 0 Å². The largest absolute Gasteiger partial charge is 0.470 e. The van der Waals surface area contributed by atoms with Gasteiger partial charge in [-0.15, -0.1) is 0 Å². The monoisotopic (exact) mass is 412 g/mol. The first-order valence-corrected chi connectivity index (χ1v) is 11.0. The Bertz CT molecular complexity index is 1110. The molecular weight excluding hydrogens is 388 g/mol. The molecule has 0 spiro atoms. The Labute approximate surface area is 171 Å². The quantitative estimate of drug-likeness (QED) is 0.641. The van der Waals surface area contributed by atoms with Gasteiger partial charge in [0.05, 0.1) is 11.4 Å². The Morgan fingerprint density at radius 1 is 1.07 bits per heavy atom. The number of benzene rings is 2. The van der Waals surface area contributed by atoms with Crippen molar-refractivity contribution < 1.29 is 13.2 Å². The average molecular weight is 413 g/mol. The lowest BCUT2D eigenvalue weighted by Crippen LogP contribution is -2.44. The van der Waals surface area contributed by atoms with Gasteiger partial charge in [0, 0.05) is 38.4 Å². The number of hydrogen-bond donors (Lipinski definition) is 0. The first-order chi connectivity index (χ1) is 14.0. The number of aromatic nitrogens is 2. The van der Waals surface area contributed by atoms with Gasteiger partial charge >= 0.3 is 0 Å². The van der Waals surface area contributed by atoms with Crippen molar-refractivity contribution in [1.29, 1.82) is 0 Å². The normalized spacial score (nSPS) is 17.9. The van der Waals surface area contributed by atoms with Gasteiger partial charge in [0.25, 0.3) is 5.88 Å². The zero-order valence-corrected chi connectivity index (χ0v) is 17.3. The maximum absolute atomic E-state index is 13.4. The molecule has 1 aliphatic heterocycles. The van der Waals surface area contributed by atoms with Gasteiger partial charge in [-0.1, -0.05) is 36.4 Å². The molecule has 2 aromatic carbocycles. The molecule has 4 rings (SSSR count). The van der Waals surface area contributed by atoms with E-state index in [2.05, 4.69) is 9.97 Å². The third kappa shape index (κ3) is 3.90.